The van der Waals surface area contributed by atoms with Crippen LogP contribution in [-0.4, -0.2) is 39.2 Å². The zero-order valence-corrected chi connectivity index (χ0v) is 10.6. The minimum absolute atomic E-state index is 0.0101. The van der Waals surface area contributed by atoms with Crippen LogP contribution in [0.2, 0.25) is 0 Å². The minimum Gasteiger partial charge on any atom is -0.340 e. The Morgan fingerprint density at radius 3 is 2.61 bits per heavy atom. The van der Waals surface area contributed by atoms with Gasteiger partial charge in [0.05, 0.1) is 0 Å². The Hall–Kier alpha value is -2.17. The molecule has 0 saturated heterocycles. The molecule has 0 aromatic carbocycles. The van der Waals surface area contributed by atoms with Crippen LogP contribution in [0.3, 0.4) is 0 Å². The number of carbonyl (C=O) groups excluding carboxylic acids is 1. The second kappa shape index (κ2) is 5.44. The first-order valence-corrected chi connectivity index (χ1v) is 5.81. The van der Waals surface area contributed by atoms with Crippen molar-refractivity contribution in [3.63, 3.8) is 0 Å². The molecule has 5 nitrogen and oxygen atoms in total. The second-order valence-corrected chi connectivity index (χ2v) is 4.17. The molecule has 18 heavy (non-hydrogen) atoms. The predicted molar refractivity (Wildman–Crippen MR) is 68.1 cm³/mol. The lowest BCUT2D eigenvalue weighted by molar-refractivity contribution is 0.0786. The number of amides is 1. The Morgan fingerprint density at radius 2 is 2.00 bits per heavy atom. The average Bonchev–Trinajstić information content (AvgIpc) is 2.82. The lowest BCUT2D eigenvalue weighted by Crippen LogP contribution is -2.30. The van der Waals surface area contributed by atoms with E-state index >= 15 is 0 Å². The van der Waals surface area contributed by atoms with Crippen molar-refractivity contribution in [2.45, 2.75) is 6.42 Å². The molecule has 0 bridgehead atoms. The molecule has 0 unspecified atom stereocenters. The fourth-order valence-corrected chi connectivity index (χ4v) is 1.73. The molecule has 94 valence electrons. The lowest BCUT2D eigenvalue weighted by atomic mass is 10.2. The summed E-state index contributed by atoms with van der Waals surface area (Å²) in [4.78, 5) is 17.8. The molecule has 0 fully saturated rings. The van der Waals surface area contributed by atoms with Gasteiger partial charge in [-0.2, -0.15) is 5.10 Å². The number of carbonyl (C=O) groups is 1. The van der Waals surface area contributed by atoms with Crippen molar-refractivity contribution in [2.75, 3.05) is 13.6 Å². The third-order valence-electron chi connectivity index (χ3n) is 2.87. The molecule has 0 aliphatic rings. The molecule has 0 aliphatic heterocycles. The second-order valence-electron chi connectivity index (χ2n) is 4.17. The van der Waals surface area contributed by atoms with E-state index in [-0.39, 0.29) is 5.91 Å². The highest BCUT2D eigenvalue weighted by atomic mass is 16.2. The summed E-state index contributed by atoms with van der Waals surface area (Å²) >= 11 is 0. The zero-order chi connectivity index (χ0) is 13.0. The highest BCUT2D eigenvalue weighted by molar-refractivity contribution is 5.92. The summed E-state index contributed by atoms with van der Waals surface area (Å²) in [6.07, 6.45) is 5.98. The van der Waals surface area contributed by atoms with Crippen LogP contribution in [0, 0.1) is 0 Å². The van der Waals surface area contributed by atoms with Crippen LogP contribution in [0.25, 0.3) is 0 Å². The summed E-state index contributed by atoms with van der Waals surface area (Å²) in [6, 6.07) is 5.65. The van der Waals surface area contributed by atoms with E-state index in [4.69, 9.17) is 0 Å². The summed E-state index contributed by atoms with van der Waals surface area (Å²) in [7, 11) is 3.57. The molecule has 0 aliphatic carbocycles. The maximum absolute atomic E-state index is 12.1. The van der Waals surface area contributed by atoms with Gasteiger partial charge in [-0.3, -0.25) is 14.5 Å². The topological polar surface area (TPSA) is 51.0 Å². The molecule has 2 aromatic heterocycles. The van der Waals surface area contributed by atoms with Gasteiger partial charge in [-0.15, -0.1) is 0 Å². The first-order chi connectivity index (χ1) is 8.68. The molecule has 5 heteroatoms. The van der Waals surface area contributed by atoms with Crippen molar-refractivity contribution in [3.05, 3.63) is 48.0 Å². The Balaban J connectivity index is 1.95. The van der Waals surface area contributed by atoms with Crippen LogP contribution < -0.4 is 0 Å². The molecular weight excluding hydrogens is 228 g/mol. The Morgan fingerprint density at radius 1 is 1.28 bits per heavy atom. The van der Waals surface area contributed by atoms with Crippen LogP contribution in [0.4, 0.5) is 0 Å². The van der Waals surface area contributed by atoms with E-state index in [1.807, 2.05) is 12.1 Å². The lowest BCUT2D eigenvalue weighted by Gasteiger charge is -2.16. The van der Waals surface area contributed by atoms with E-state index in [9.17, 15) is 4.79 Å². The third-order valence-corrected chi connectivity index (χ3v) is 2.87. The standard InChI is InChI=1S/C13H16N4O/c1-16(10-6-11-3-7-14-8-4-11)13(18)12-5-9-15-17(12)2/h3-5,7-9H,6,10H2,1-2H3. The summed E-state index contributed by atoms with van der Waals surface area (Å²) in [5.41, 5.74) is 1.78. The number of hydrogen-bond acceptors (Lipinski definition) is 3. The third kappa shape index (κ3) is 2.74. The SMILES string of the molecule is CN(CCc1ccncc1)C(=O)c1ccnn1C. The molecular formula is C13H16N4O. The van der Waals surface area contributed by atoms with Gasteiger partial charge in [0.25, 0.3) is 5.91 Å². The van der Waals surface area contributed by atoms with Gasteiger partial charge in [0, 0.05) is 39.2 Å². The fourth-order valence-electron chi connectivity index (χ4n) is 1.73. The van der Waals surface area contributed by atoms with E-state index in [0.717, 1.165) is 6.42 Å². The van der Waals surface area contributed by atoms with Crippen LogP contribution in [0.15, 0.2) is 36.8 Å². The summed E-state index contributed by atoms with van der Waals surface area (Å²) < 4.78 is 1.59. The van der Waals surface area contributed by atoms with E-state index in [2.05, 4.69) is 10.1 Å². The van der Waals surface area contributed by atoms with Gasteiger partial charge in [0.15, 0.2) is 0 Å². The van der Waals surface area contributed by atoms with Crippen molar-refractivity contribution in [1.82, 2.24) is 19.7 Å². The van der Waals surface area contributed by atoms with Crippen LogP contribution in [0.1, 0.15) is 16.1 Å². The van der Waals surface area contributed by atoms with Gasteiger partial charge in [0.2, 0.25) is 0 Å². The smallest absolute Gasteiger partial charge is 0.271 e. The van der Waals surface area contributed by atoms with Gasteiger partial charge in [-0.1, -0.05) is 0 Å². The average molecular weight is 244 g/mol. The first kappa shape index (κ1) is 12.3. The maximum Gasteiger partial charge on any atom is 0.271 e. The van der Waals surface area contributed by atoms with Crippen molar-refractivity contribution < 1.29 is 4.79 Å². The van der Waals surface area contributed by atoms with Crippen molar-refractivity contribution in [1.29, 1.82) is 0 Å². The molecule has 0 N–H and O–H groups in total. The minimum atomic E-state index is -0.0101. The van der Waals surface area contributed by atoms with E-state index < -0.39 is 0 Å². The number of hydrogen-bond donors (Lipinski definition) is 0. The number of rotatable bonds is 4. The largest absolute Gasteiger partial charge is 0.340 e. The summed E-state index contributed by atoms with van der Waals surface area (Å²) in [5, 5.41) is 4.00. The Bertz CT molecular complexity index is 521. The molecule has 0 radical (unpaired) electrons. The number of pyridine rings is 1. The monoisotopic (exact) mass is 244 g/mol. The van der Waals surface area contributed by atoms with E-state index in [1.165, 1.54) is 5.56 Å². The molecule has 0 saturated carbocycles. The van der Waals surface area contributed by atoms with Gasteiger partial charge in [-0.25, -0.2) is 0 Å². The zero-order valence-electron chi connectivity index (χ0n) is 10.6. The normalized spacial score (nSPS) is 10.3. The molecule has 2 heterocycles. The van der Waals surface area contributed by atoms with E-state index in [0.29, 0.717) is 12.2 Å². The molecule has 2 aromatic rings. The van der Waals surface area contributed by atoms with E-state index in [1.54, 1.807) is 48.3 Å². The number of nitrogens with zero attached hydrogens (tertiary/aromatic N) is 4. The summed E-state index contributed by atoms with van der Waals surface area (Å²) in [6.45, 7) is 0.675. The van der Waals surface area contributed by atoms with Crippen LogP contribution in [0.5, 0.6) is 0 Å². The maximum atomic E-state index is 12.1. The molecule has 1 amide bonds. The van der Waals surface area contributed by atoms with Crippen molar-refractivity contribution in [2.24, 2.45) is 7.05 Å². The highest BCUT2D eigenvalue weighted by Gasteiger charge is 2.14. The number of likely N-dealkylation sites (N-methyl/N-ethyl adjacent to an activating group) is 1. The summed E-state index contributed by atoms with van der Waals surface area (Å²) in [5.74, 6) is -0.0101. The number of aryl methyl sites for hydroxylation is 1. The van der Waals surface area contributed by atoms with Crippen molar-refractivity contribution >= 4 is 5.91 Å². The van der Waals surface area contributed by atoms with Crippen LogP contribution in [-0.2, 0) is 13.5 Å². The molecule has 2 rings (SSSR count). The van der Waals surface area contributed by atoms with Gasteiger partial charge in [0.1, 0.15) is 5.69 Å². The molecule has 0 atom stereocenters. The Kier molecular flexibility index (Phi) is 3.72. The van der Waals surface area contributed by atoms with Gasteiger partial charge in [-0.05, 0) is 30.2 Å². The van der Waals surface area contributed by atoms with Gasteiger partial charge >= 0.3 is 0 Å². The highest BCUT2D eigenvalue weighted by Crippen LogP contribution is 2.04. The number of aromatic nitrogens is 3. The quantitative estimate of drug-likeness (QED) is 0.810. The Labute approximate surface area is 106 Å². The van der Waals surface area contributed by atoms with Crippen molar-refractivity contribution in [3.8, 4) is 0 Å². The first-order valence-electron chi connectivity index (χ1n) is 5.81. The fraction of sp³-hybridized carbons (Fsp3) is 0.308. The molecule has 0 spiro atoms. The van der Waals surface area contributed by atoms with Gasteiger partial charge < -0.3 is 4.90 Å². The van der Waals surface area contributed by atoms with Crippen LogP contribution >= 0.6 is 0 Å². The predicted octanol–water partition coefficient (Wildman–Crippen LogP) is 1.13.